The number of benzene rings is 1. The van der Waals surface area contributed by atoms with E-state index in [1.165, 1.54) is 10.4 Å². The Labute approximate surface area is 142 Å². The van der Waals surface area contributed by atoms with Crippen molar-refractivity contribution in [1.29, 1.82) is 0 Å². The number of carbonyl (C=O) groups excluding carboxylic acids is 1. The summed E-state index contributed by atoms with van der Waals surface area (Å²) in [6.45, 7) is 8.94. The largest absolute Gasteiger partial charge is 0.390 e. The van der Waals surface area contributed by atoms with E-state index in [0.29, 0.717) is 16.3 Å². The molecule has 3 heteroatoms. The van der Waals surface area contributed by atoms with E-state index in [2.05, 4.69) is 20.8 Å². The van der Waals surface area contributed by atoms with E-state index in [1.807, 2.05) is 31.2 Å². The van der Waals surface area contributed by atoms with Crippen LogP contribution < -0.4 is 5.73 Å². The van der Waals surface area contributed by atoms with Crippen LogP contribution in [-0.2, 0) is 12.8 Å². The highest BCUT2D eigenvalue weighted by Crippen LogP contribution is 2.43. The number of hydrogen-bond acceptors (Lipinski definition) is 3. The molecule has 23 heavy (non-hydrogen) atoms. The molecule has 0 unspecified atom stereocenters. The summed E-state index contributed by atoms with van der Waals surface area (Å²) >= 11 is 1.62. The number of aryl methyl sites for hydroxylation is 1. The van der Waals surface area contributed by atoms with Crippen molar-refractivity contribution < 1.29 is 4.79 Å². The van der Waals surface area contributed by atoms with Crippen molar-refractivity contribution in [3.05, 3.63) is 51.4 Å². The van der Waals surface area contributed by atoms with Gasteiger partial charge in [-0.3, -0.25) is 4.79 Å². The Balaban J connectivity index is 1.95. The van der Waals surface area contributed by atoms with Crippen LogP contribution in [0.4, 0.5) is 5.00 Å². The average molecular weight is 327 g/mol. The van der Waals surface area contributed by atoms with E-state index in [9.17, 15) is 4.79 Å². The molecule has 1 heterocycles. The van der Waals surface area contributed by atoms with Crippen LogP contribution in [0.3, 0.4) is 0 Å². The molecule has 122 valence electrons. The predicted octanol–water partition coefficient (Wildman–Crippen LogP) is 5.02. The van der Waals surface area contributed by atoms with Crippen LogP contribution in [0.1, 0.15) is 59.1 Å². The summed E-state index contributed by atoms with van der Waals surface area (Å²) in [5, 5.41) is 0.690. The minimum Gasteiger partial charge on any atom is -0.390 e. The highest BCUT2D eigenvalue weighted by atomic mass is 32.1. The number of carbonyl (C=O) groups is 1. The van der Waals surface area contributed by atoms with E-state index in [-0.39, 0.29) is 5.78 Å². The van der Waals surface area contributed by atoms with Gasteiger partial charge in [0.15, 0.2) is 5.78 Å². The van der Waals surface area contributed by atoms with Crippen LogP contribution in [0.25, 0.3) is 0 Å². The van der Waals surface area contributed by atoms with E-state index >= 15 is 0 Å². The molecule has 1 aliphatic rings. The molecule has 0 saturated carbocycles. The van der Waals surface area contributed by atoms with Crippen molar-refractivity contribution in [2.24, 2.45) is 11.3 Å². The Hall–Kier alpha value is -1.61. The van der Waals surface area contributed by atoms with Gasteiger partial charge in [-0.05, 0) is 43.1 Å². The molecule has 1 aromatic carbocycles. The molecule has 0 bridgehead atoms. The number of thiophene rings is 1. The number of rotatable bonds is 2. The third-order valence-corrected chi connectivity index (χ3v) is 6.14. The predicted molar refractivity (Wildman–Crippen MR) is 98.3 cm³/mol. The molecule has 0 spiro atoms. The maximum atomic E-state index is 12.9. The van der Waals surface area contributed by atoms with Crippen LogP contribution in [-0.4, -0.2) is 5.78 Å². The van der Waals surface area contributed by atoms with Crippen LogP contribution >= 0.6 is 11.3 Å². The third-order valence-electron chi connectivity index (χ3n) is 5.06. The lowest BCUT2D eigenvalue weighted by atomic mass is 9.72. The SMILES string of the molecule is Cc1ccc(C(=O)c2c(N)sc3c2CC[C@@H](C(C)(C)C)C3)cc1. The molecule has 3 rings (SSSR count). The molecule has 2 N–H and O–H groups in total. The molecular formula is C20H25NOS. The maximum absolute atomic E-state index is 12.9. The van der Waals surface area contributed by atoms with Crippen molar-refractivity contribution in [3.63, 3.8) is 0 Å². The fourth-order valence-electron chi connectivity index (χ4n) is 3.44. The summed E-state index contributed by atoms with van der Waals surface area (Å²) in [4.78, 5) is 14.2. The van der Waals surface area contributed by atoms with Gasteiger partial charge in [-0.1, -0.05) is 50.6 Å². The molecule has 0 saturated heterocycles. The molecule has 0 amide bonds. The number of ketones is 1. The lowest BCUT2D eigenvalue weighted by Crippen LogP contribution is -2.26. The Bertz CT molecular complexity index is 734. The summed E-state index contributed by atoms with van der Waals surface area (Å²) in [7, 11) is 0. The van der Waals surface area contributed by atoms with Gasteiger partial charge in [-0.15, -0.1) is 11.3 Å². The highest BCUT2D eigenvalue weighted by molar-refractivity contribution is 7.16. The molecular weight excluding hydrogens is 302 g/mol. The summed E-state index contributed by atoms with van der Waals surface area (Å²) in [5.74, 6) is 0.740. The normalized spacial score (nSPS) is 17.8. The van der Waals surface area contributed by atoms with Gasteiger partial charge in [0.25, 0.3) is 0 Å². The molecule has 1 atom stereocenters. The zero-order valence-corrected chi connectivity index (χ0v) is 15.2. The Morgan fingerprint density at radius 1 is 1.22 bits per heavy atom. The quantitative estimate of drug-likeness (QED) is 0.787. The zero-order chi connectivity index (χ0) is 16.8. The molecule has 1 aromatic heterocycles. The fourth-order valence-corrected chi connectivity index (χ4v) is 4.64. The van der Waals surface area contributed by atoms with Crippen molar-refractivity contribution >= 4 is 22.1 Å². The molecule has 0 radical (unpaired) electrons. The first-order valence-corrected chi connectivity index (χ1v) is 9.10. The smallest absolute Gasteiger partial charge is 0.196 e. The number of nitrogens with two attached hydrogens (primary N) is 1. The van der Waals surface area contributed by atoms with Crippen LogP contribution in [0.2, 0.25) is 0 Å². The summed E-state index contributed by atoms with van der Waals surface area (Å²) in [5.41, 5.74) is 10.4. The number of nitrogen functional groups attached to an aromatic ring is 1. The van der Waals surface area contributed by atoms with Gasteiger partial charge in [0.1, 0.15) is 0 Å². The summed E-state index contributed by atoms with van der Waals surface area (Å²) in [6.07, 6.45) is 3.16. The number of fused-ring (bicyclic) bond motifs is 1. The molecule has 2 nitrogen and oxygen atoms in total. The van der Waals surface area contributed by atoms with Gasteiger partial charge in [-0.25, -0.2) is 0 Å². The second-order valence-corrected chi connectivity index (χ2v) is 8.88. The van der Waals surface area contributed by atoms with Crippen molar-refractivity contribution in [3.8, 4) is 0 Å². The first-order chi connectivity index (χ1) is 10.8. The van der Waals surface area contributed by atoms with Gasteiger partial charge >= 0.3 is 0 Å². The summed E-state index contributed by atoms with van der Waals surface area (Å²) < 4.78 is 0. The first-order valence-electron chi connectivity index (χ1n) is 8.28. The van der Waals surface area contributed by atoms with Crippen molar-refractivity contribution in [1.82, 2.24) is 0 Å². The van der Waals surface area contributed by atoms with Crippen molar-refractivity contribution in [2.45, 2.75) is 47.0 Å². The van der Waals surface area contributed by atoms with Crippen molar-refractivity contribution in [2.75, 3.05) is 5.73 Å². The molecule has 2 aromatic rings. The Morgan fingerprint density at radius 3 is 2.48 bits per heavy atom. The minimum absolute atomic E-state index is 0.0780. The van der Waals surface area contributed by atoms with E-state index in [4.69, 9.17) is 5.73 Å². The lowest BCUT2D eigenvalue weighted by Gasteiger charge is -2.33. The van der Waals surface area contributed by atoms with E-state index in [1.54, 1.807) is 11.3 Å². The number of anilines is 1. The van der Waals surface area contributed by atoms with Gasteiger partial charge in [-0.2, -0.15) is 0 Å². The minimum atomic E-state index is 0.0780. The molecule has 1 aliphatic carbocycles. The second-order valence-electron chi connectivity index (χ2n) is 7.74. The van der Waals surface area contributed by atoms with Gasteiger partial charge in [0, 0.05) is 10.4 Å². The Morgan fingerprint density at radius 2 is 1.87 bits per heavy atom. The molecule has 0 fully saturated rings. The van der Waals surface area contributed by atoms with Gasteiger partial charge in [0.05, 0.1) is 10.6 Å². The third kappa shape index (κ3) is 3.07. The highest BCUT2D eigenvalue weighted by Gasteiger charge is 2.33. The summed E-state index contributed by atoms with van der Waals surface area (Å²) in [6, 6.07) is 7.78. The standard InChI is InChI=1S/C20H25NOS/c1-12-5-7-13(8-6-12)18(22)17-15-10-9-14(20(2,3)4)11-16(15)23-19(17)21/h5-8,14H,9-11,21H2,1-4H3/t14-/m1/s1. The van der Waals surface area contributed by atoms with Gasteiger partial charge < -0.3 is 5.73 Å². The molecule has 0 aliphatic heterocycles. The zero-order valence-electron chi connectivity index (χ0n) is 14.4. The van der Waals surface area contributed by atoms with E-state index in [0.717, 1.165) is 36.0 Å². The Kier molecular flexibility index (Phi) is 4.09. The second kappa shape index (κ2) is 5.79. The van der Waals surface area contributed by atoms with Crippen LogP contribution in [0.5, 0.6) is 0 Å². The maximum Gasteiger partial charge on any atom is 0.196 e. The number of hydrogen-bond donors (Lipinski definition) is 1. The van der Waals surface area contributed by atoms with Gasteiger partial charge in [0.2, 0.25) is 0 Å². The fraction of sp³-hybridized carbons (Fsp3) is 0.450. The monoisotopic (exact) mass is 327 g/mol. The van der Waals surface area contributed by atoms with Crippen LogP contribution in [0.15, 0.2) is 24.3 Å². The first kappa shape index (κ1) is 16.3. The van der Waals surface area contributed by atoms with E-state index < -0.39 is 0 Å². The average Bonchev–Trinajstić information content (AvgIpc) is 2.81. The van der Waals surface area contributed by atoms with Crippen LogP contribution in [0, 0.1) is 18.3 Å². The lowest BCUT2D eigenvalue weighted by molar-refractivity contribution is 0.103. The topological polar surface area (TPSA) is 43.1 Å².